The van der Waals surface area contributed by atoms with Crippen LogP contribution in [0.1, 0.15) is 16.5 Å². The molecule has 0 saturated carbocycles. The van der Waals surface area contributed by atoms with E-state index in [0.717, 1.165) is 29.8 Å². The van der Waals surface area contributed by atoms with Gasteiger partial charge in [-0.25, -0.2) is 0 Å². The number of rotatable bonds is 4. The van der Waals surface area contributed by atoms with Crippen molar-refractivity contribution in [2.45, 2.75) is 12.5 Å². The van der Waals surface area contributed by atoms with Gasteiger partial charge in [-0.3, -0.25) is 0 Å². The maximum Gasteiger partial charge on any atom is 0.133 e. The first-order chi connectivity index (χ1) is 9.01. The summed E-state index contributed by atoms with van der Waals surface area (Å²) in [7, 11) is 1.66. The van der Waals surface area contributed by atoms with Gasteiger partial charge in [0.25, 0.3) is 0 Å². The van der Waals surface area contributed by atoms with Crippen molar-refractivity contribution < 1.29 is 4.74 Å². The first kappa shape index (κ1) is 15.5. The molecule has 102 valence electrons. The molecule has 0 aliphatic heterocycles. The molecule has 2 aromatic rings. The average molecular weight is 470 g/mol. The summed E-state index contributed by atoms with van der Waals surface area (Å²) in [6.45, 7) is 0. The van der Waals surface area contributed by atoms with E-state index in [1.165, 1.54) is 5.56 Å². The van der Waals surface area contributed by atoms with Crippen molar-refractivity contribution in [2.24, 2.45) is 5.73 Å². The molecule has 0 amide bonds. The number of hydrogen-bond acceptors (Lipinski definition) is 3. The summed E-state index contributed by atoms with van der Waals surface area (Å²) in [5.41, 5.74) is 7.43. The van der Waals surface area contributed by atoms with Gasteiger partial charge in [-0.15, -0.1) is 11.3 Å². The molecule has 1 aromatic carbocycles. The summed E-state index contributed by atoms with van der Waals surface area (Å²) >= 11 is 12.1. The van der Waals surface area contributed by atoms with E-state index in [9.17, 15) is 0 Å². The molecule has 0 spiro atoms. The highest BCUT2D eigenvalue weighted by molar-refractivity contribution is 9.13. The van der Waals surface area contributed by atoms with Crippen molar-refractivity contribution in [1.29, 1.82) is 0 Å². The van der Waals surface area contributed by atoms with Crippen LogP contribution in [0.2, 0.25) is 0 Å². The normalized spacial score (nSPS) is 12.5. The Kier molecular flexibility index (Phi) is 5.48. The Labute approximate surface area is 141 Å². The lowest BCUT2D eigenvalue weighted by molar-refractivity contribution is 0.412. The fourth-order valence-corrected chi connectivity index (χ4v) is 4.42. The van der Waals surface area contributed by atoms with Crippen LogP contribution in [0.25, 0.3) is 0 Å². The van der Waals surface area contributed by atoms with Crippen LogP contribution in [0.5, 0.6) is 5.75 Å². The zero-order chi connectivity index (χ0) is 14.0. The van der Waals surface area contributed by atoms with Crippen LogP contribution in [0.3, 0.4) is 0 Å². The molecule has 1 aromatic heterocycles. The first-order valence-corrected chi connectivity index (χ1v) is 8.73. The van der Waals surface area contributed by atoms with E-state index in [1.807, 2.05) is 12.1 Å². The van der Waals surface area contributed by atoms with E-state index in [0.29, 0.717) is 0 Å². The maximum atomic E-state index is 6.25. The Morgan fingerprint density at radius 2 is 1.95 bits per heavy atom. The fraction of sp³-hybridized carbons (Fsp3) is 0.231. The van der Waals surface area contributed by atoms with Crippen molar-refractivity contribution >= 4 is 59.1 Å². The van der Waals surface area contributed by atoms with Gasteiger partial charge in [0.15, 0.2) is 0 Å². The number of ether oxygens (including phenoxy) is 1. The lowest BCUT2D eigenvalue weighted by atomic mass is 10.1. The number of benzene rings is 1. The van der Waals surface area contributed by atoms with E-state index < -0.39 is 0 Å². The molecule has 0 bridgehead atoms. The first-order valence-electron chi connectivity index (χ1n) is 5.54. The van der Waals surface area contributed by atoms with E-state index in [1.54, 1.807) is 18.4 Å². The Morgan fingerprint density at radius 3 is 2.47 bits per heavy atom. The zero-order valence-electron chi connectivity index (χ0n) is 10.1. The predicted molar refractivity (Wildman–Crippen MR) is 91.0 cm³/mol. The van der Waals surface area contributed by atoms with Crippen LogP contribution >= 0.6 is 59.1 Å². The van der Waals surface area contributed by atoms with Gasteiger partial charge in [0.05, 0.1) is 15.4 Å². The lowest BCUT2D eigenvalue weighted by Crippen LogP contribution is -2.11. The third-order valence-corrected chi connectivity index (χ3v) is 6.71. The fourth-order valence-electron chi connectivity index (χ4n) is 1.74. The molecule has 2 rings (SSSR count). The summed E-state index contributed by atoms with van der Waals surface area (Å²) in [5, 5.41) is 0. The molecule has 1 atom stereocenters. The van der Waals surface area contributed by atoms with Gasteiger partial charge in [-0.05, 0) is 78.0 Å². The van der Waals surface area contributed by atoms with Crippen molar-refractivity contribution in [2.75, 3.05) is 7.11 Å². The van der Waals surface area contributed by atoms with E-state index in [2.05, 4.69) is 59.9 Å². The van der Waals surface area contributed by atoms with E-state index in [4.69, 9.17) is 10.5 Å². The quantitative estimate of drug-likeness (QED) is 0.660. The van der Waals surface area contributed by atoms with Crippen LogP contribution in [-0.4, -0.2) is 7.11 Å². The highest BCUT2D eigenvalue weighted by atomic mass is 79.9. The standard InChI is InChI=1S/C13H12Br3NOS/c1-18-11-3-2-7(4-8(11)14)5-10(17)12-6-9(15)13(16)19-12/h2-4,6,10H,5,17H2,1H3. The zero-order valence-corrected chi connectivity index (χ0v) is 15.7. The smallest absolute Gasteiger partial charge is 0.133 e. The molecule has 19 heavy (non-hydrogen) atoms. The van der Waals surface area contributed by atoms with E-state index in [-0.39, 0.29) is 6.04 Å². The Hall–Kier alpha value is 0.120. The number of halogens is 3. The molecule has 1 heterocycles. The van der Waals surface area contributed by atoms with Crippen molar-refractivity contribution in [3.8, 4) is 5.75 Å². The predicted octanol–water partition coefficient (Wildman–Crippen LogP) is 5.29. The van der Waals surface area contributed by atoms with Crippen LogP contribution < -0.4 is 10.5 Å². The van der Waals surface area contributed by atoms with Gasteiger partial charge >= 0.3 is 0 Å². The van der Waals surface area contributed by atoms with Gasteiger partial charge in [0.2, 0.25) is 0 Å². The Balaban J connectivity index is 2.14. The second-order valence-electron chi connectivity index (χ2n) is 4.05. The number of nitrogens with two attached hydrogens (primary N) is 1. The lowest BCUT2D eigenvalue weighted by Gasteiger charge is -2.11. The molecule has 0 saturated heterocycles. The number of methoxy groups -OCH3 is 1. The molecule has 0 aliphatic carbocycles. The minimum absolute atomic E-state index is 0.00658. The van der Waals surface area contributed by atoms with Crippen LogP contribution in [0, 0.1) is 0 Å². The van der Waals surface area contributed by atoms with Gasteiger partial charge in [-0.2, -0.15) is 0 Å². The van der Waals surface area contributed by atoms with Crippen molar-refractivity contribution in [3.63, 3.8) is 0 Å². The minimum Gasteiger partial charge on any atom is -0.496 e. The molecule has 0 fully saturated rings. The highest BCUT2D eigenvalue weighted by Crippen LogP contribution is 2.36. The highest BCUT2D eigenvalue weighted by Gasteiger charge is 2.13. The summed E-state index contributed by atoms with van der Waals surface area (Å²) < 4.78 is 8.30. The second-order valence-corrected chi connectivity index (χ2v) is 8.16. The van der Waals surface area contributed by atoms with Crippen molar-refractivity contribution in [1.82, 2.24) is 0 Å². The molecular formula is C13H12Br3NOS. The molecule has 0 aliphatic rings. The molecule has 2 N–H and O–H groups in total. The van der Waals surface area contributed by atoms with Crippen LogP contribution in [0.15, 0.2) is 37.0 Å². The summed E-state index contributed by atoms with van der Waals surface area (Å²) in [6.07, 6.45) is 0.794. The largest absolute Gasteiger partial charge is 0.496 e. The van der Waals surface area contributed by atoms with Gasteiger partial charge in [0, 0.05) is 15.4 Å². The van der Waals surface area contributed by atoms with Gasteiger partial charge < -0.3 is 10.5 Å². The summed E-state index contributed by atoms with van der Waals surface area (Å²) in [5.74, 6) is 0.832. The molecule has 6 heteroatoms. The third kappa shape index (κ3) is 3.82. The summed E-state index contributed by atoms with van der Waals surface area (Å²) in [4.78, 5) is 1.16. The third-order valence-electron chi connectivity index (χ3n) is 2.70. The second kappa shape index (κ2) is 6.72. The SMILES string of the molecule is COc1ccc(CC(N)c2cc(Br)c(Br)s2)cc1Br. The summed E-state index contributed by atoms with van der Waals surface area (Å²) in [6, 6.07) is 8.11. The van der Waals surface area contributed by atoms with Gasteiger partial charge in [0.1, 0.15) is 5.75 Å². The number of hydrogen-bond donors (Lipinski definition) is 1. The van der Waals surface area contributed by atoms with Crippen molar-refractivity contribution in [3.05, 3.63) is 47.4 Å². The van der Waals surface area contributed by atoms with E-state index >= 15 is 0 Å². The average Bonchev–Trinajstić information content (AvgIpc) is 2.70. The molecule has 0 radical (unpaired) electrons. The molecular weight excluding hydrogens is 458 g/mol. The Bertz CT molecular complexity index is 566. The minimum atomic E-state index is -0.00658. The molecule has 1 unspecified atom stereocenters. The Morgan fingerprint density at radius 1 is 1.21 bits per heavy atom. The monoisotopic (exact) mass is 467 g/mol. The maximum absolute atomic E-state index is 6.25. The number of thiophene rings is 1. The van der Waals surface area contributed by atoms with Crippen LogP contribution in [0.4, 0.5) is 0 Å². The van der Waals surface area contributed by atoms with Gasteiger partial charge in [-0.1, -0.05) is 6.07 Å². The topological polar surface area (TPSA) is 35.2 Å². The van der Waals surface area contributed by atoms with Crippen LogP contribution in [-0.2, 0) is 6.42 Å². The molecule has 2 nitrogen and oxygen atoms in total.